The summed E-state index contributed by atoms with van der Waals surface area (Å²) in [5, 5.41) is 20.5. The lowest BCUT2D eigenvalue weighted by molar-refractivity contribution is -0.154. The van der Waals surface area contributed by atoms with Gasteiger partial charge in [-0.2, -0.15) is 10.1 Å². The molecule has 2 aromatic heterocycles. The zero-order valence-corrected chi connectivity index (χ0v) is 21.1. The molecule has 0 bridgehead atoms. The van der Waals surface area contributed by atoms with Crippen LogP contribution < -0.4 is 15.0 Å². The second-order valence-corrected chi connectivity index (χ2v) is 11.9. The van der Waals surface area contributed by atoms with Crippen molar-refractivity contribution in [2.45, 2.75) is 75.9 Å². The third-order valence-corrected chi connectivity index (χ3v) is 9.13. The smallest absolute Gasteiger partial charge is 0.239 e. The first-order valence-corrected chi connectivity index (χ1v) is 13.4. The summed E-state index contributed by atoms with van der Waals surface area (Å²) in [6.45, 7) is 3.94. The summed E-state index contributed by atoms with van der Waals surface area (Å²) in [4.78, 5) is 38.0. The Kier molecular flexibility index (Phi) is 5.05. The van der Waals surface area contributed by atoms with Crippen molar-refractivity contribution in [3.05, 3.63) is 18.0 Å². The van der Waals surface area contributed by atoms with Gasteiger partial charge in [-0.05, 0) is 57.3 Å². The molecule has 4 heterocycles. The number of aromatic nitrogens is 4. The molecule has 3 N–H and O–H groups in total. The van der Waals surface area contributed by atoms with Crippen LogP contribution in [-0.2, 0) is 15.0 Å². The number of carbonyl (C=O) groups excluding carboxylic acids is 2. The van der Waals surface area contributed by atoms with Gasteiger partial charge in [0, 0.05) is 43.2 Å². The standard InChI is InChI=1S/C26H33N7O4/c1-15(34)32-13-25(14-32)8-16(9-25)12-37-22-20(11-28-31-22)29-24-27-10-19-21(30-24)33(23(36)26(19)5-6-26)17-3-2-4-18(35)7-17/h10-11,16-18,35H,2-9,12-14H2,1H3,(H,28,31)(H,27,29,30)/t17-,18-/m1/s1. The number of likely N-dealkylation sites (tertiary alicyclic amines) is 1. The number of rotatable bonds is 6. The first-order chi connectivity index (χ1) is 17.9. The van der Waals surface area contributed by atoms with Crippen LogP contribution in [0.1, 0.15) is 63.9 Å². The Morgan fingerprint density at radius 3 is 2.81 bits per heavy atom. The van der Waals surface area contributed by atoms with Crippen molar-refractivity contribution in [3.8, 4) is 5.88 Å². The summed E-state index contributed by atoms with van der Waals surface area (Å²) < 4.78 is 6.06. The van der Waals surface area contributed by atoms with Crippen LogP contribution in [0.4, 0.5) is 17.5 Å². The summed E-state index contributed by atoms with van der Waals surface area (Å²) in [5.41, 5.74) is 1.38. The number of ether oxygens (including phenoxy) is 1. The Balaban J connectivity index is 1.03. The summed E-state index contributed by atoms with van der Waals surface area (Å²) in [6.07, 6.45) is 10.0. The maximum atomic E-state index is 13.4. The van der Waals surface area contributed by atoms with E-state index < -0.39 is 5.41 Å². The van der Waals surface area contributed by atoms with Crippen LogP contribution in [0.2, 0.25) is 0 Å². The molecule has 0 unspecified atom stereocenters. The minimum atomic E-state index is -0.470. The molecule has 196 valence electrons. The minimum absolute atomic E-state index is 0.0329. The molecule has 2 aliphatic heterocycles. The first kappa shape index (κ1) is 22.9. The van der Waals surface area contributed by atoms with E-state index in [1.807, 2.05) is 9.80 Å². The van der Waals surface area contributed by atoms with E-state index in [0.29, 0.717) is 47.7 Å². The van der Waals surface area contributed by atoms with Gasteiger partial charge in [0.1, 0.15) is 11.5 Å². The minimum Gasteiger partial charge on any atom is -0.476 e. The zero-order valence-electron chi connectivity index (χ0n) is 21.1. The van der Waals surface area contributed by atoms with E-state index >= 15 is 0 Å². The number of hydrogen-bond acceptors (Lipinski definition) is 8. The molecule has 0 radical (unpaired) electrons. The number of carbonyl (C=O) groups is 2. The topological polar surface area (TPSA) is 137 Å². The normalized spacial score (nSPS) is 27.1. The van der Waals surface area contributed by atoms with Gasteiger partial charge in [-0.25, -0.2) is 10.1 Å². The van der Waals surface area contributed by atoms with Gasteiger partial charge in [-0.3, -0.25) is 14.5 Å². The maximum Gasteiger partial charge on any atom is 0.239 e. The van der Waals surface area contributed by atoms with Crippen LogP contribution in [0.5, 0.6) is 5.88 Å². The Morgan fingerprint density at radius 1 is 1.27 bits per heavy atom. The largest absolute Gasteiger partial charge is 0.476 e. The van der Waals surface area contributed by atoms with E-state index in [1.165, 1.54) is 0 Å². The number of fused-ring (bicyclic) bond motifs is 2. The quantitative estimate of drug-likeness (QED) is 0.542. The average Bonchev–Trinajstić information content (AvgIpc) is 3.44. The van der Waals surface area contributed by atoms with Crippen molar-refractivity contribution < 1.29 is 19.4 Å². The number of H-pyrrole nitrogens is 1. The highest BCUT2D eigenvalue weighted by Crippen LogP contribution is 2.58. The Labute approximate surface area is 215 Å². The van der Waals surface area contributed by atoms with E-state index in [-0.39, 0.29) is 24.0 Å². The van der Waals surface area contributed by atoms with Crippen molar-refractivity contribution >= 4 is 29.3 Å². The summed E-state index contributed by atoms with van der Waals surface area (Å²) in [7, 11) is 0. The van der Waals surface area contributed by atoms with E-state index in [9.17, 15) is 14.7 Å². The van der Waals surface area contributed by atoms with Crippen LogP contribution in [0.25, 0.3) is 0 Å². The molecule has 3 saturated carbocycles. The van der Waals surface area contributed by atoms with E-state index in [2.05, 4.69) is 20.5 Å². The molecule has 2 spiro atoms. The fourth-order valence-corrected chi connectivity index (χ4v) is 7.04. The molecule has 37 heavy (non-hydrogen) atoms. The van der Waals surface area contributed by atoms with Gasteiger partial charge in [-0.1, -0.05) is 0 Å². The number of aromatic amines is 1. The molecule has 4 fully saturated rings. The fourth-order valence-electron chi connectivity index (χ4n) is 7.04. The molecule has 11 nitrogen and oxygen atoms in total. The molecule has 0 aromatic carbocycles. The third-order valence-electron chi connectivity index (χ3n) is 9.13. The predicted molar refractivity (Wildman–Crippen MR) is 133 cm³/mol. The second kappa shape index (κ2) is 8.14. The van der Waals surface area contributed by atoms with Gasteiger partial charge >= 0.3 is 0 Å². The zero-order chi connectivity index (χ0) is 25.4. The van der Waals surface area contributed by atoms with Gasteiger partial charge in [-0.15, -0.1) is 0 Å². The van der Waals surface area contributed by atoms with E-state index in [4.69, 9.17) is 9.72 Å². The predicted octanol–water partition coefficient (Wildman–Crippen LogP) is 2.26. The van der Waals surface area contributed by atoms with Gasteiger partial charge in [0.05, 0.1) is 24.3 Å². The number of nitrogens with zero attached hydrogens (tertiary/aromatic N) is 5. The number of aliphatic hydroxyl groups excluding tert-OH is 1. The van der Waals surface area contributed by atoms with Gasteiger partial charge < -0.3 is 20.1 Å². The van der Waals surface area contributed by atoms with E-state index in [1.54, 1.807) is 19.3 Å². The third kappa shape index (κ3) is 3.69. The van der Waals surface area contributed by atoms with Gasteiger partial charge in [0.15, 0.2) is 0 Å². The lowest BCUT2D eigenvalue weighted by atomic mass is 9.58. The highest BCUT2D eigenvalue weighted by atomic mass is 16.5. The number of hydrogen-bond donors (Lipinski definition) is 3. The van der Waals surface area contributed by atoms with Crippen molar-refractivity contribution in [2.75, 3.05) is 29.9 Å². The van der Waals surface area contributed by atoms with Crippen LogP contribution in [0, 0.1) is 11.3 Å². The monoisotopic (exact) mass is 507 g/mol. The lowest BCUT2D eigenvalue weighted by Gasteiger charge is -2.58. The number of aliphatic hydroxyl groups is 1. The number of anilines is 3. The molecular weight excluding hydrogens is 474 g/mol. The fraction of sp³-hybridized carbons (Fsp3) is 0.654. The van der Waals surface area contributed by atoms with Gasteiger partial charge in [0.2, 0.25) is 23.6 Å². The number of nitrogens with one attached hydrogen (secondary N) is 2. The molecule has 3 aliphatic carbocycles. The highest BCUT2D eigenvalue weighted by molar-refractivity contribution is 6.09. The summed E-state index contributed by atoms with van der Waals surface area (Å²) in [6, 6.07) is -0.0329. The molecule has 2 amide bonds. The van der Waals surface area contributed by atoms with Crippen molar-refractivity contribution in [2.24, 2.45) is 11.3 Å². The maximum absolute atomic E-state index is 13.4. The Bertz CT molecular complexity index is 1240. The first-order valence-electron chi connectivity index (χ1n) is 13.4. The summed E-state index contributed by atoms with van der Waals surface area (Å²) in [5.74, 6) is 2.32. The Hall–Kier alpha value is -3.21. The molecule has 2 atom stereocenters. The second-order valence-electron chi connectivity index (χ2n) is 11.9. The molecule has 7 rings (SSSR count). The van der Waals surface area contributed by atoms with Crippen LogP contribution in [0.15, 0.2) is 12.4 Å². The van der Waals surface area contributed by atoms with Crippen molar-refractivity contribution in [3.63, 3.8) is 0 Å². The molecule has 11 heteroatoms. The summed E-state index contributed by atoms with van der Waals surface area (Å²) >= 11 is 0. The van der Waals surface area contributed by atoms with Crippen LogP contribution in [-0.4, -0.2) is 73.8 Å². The molecule has 2 aromatic rings. The van der Waals surface area contributed by atoms with Crippen molar-refractivity contribution in [1.29, 1.82) is 0 Å². The lowest BCUT2D eigenvalue weighted by Crippen LogP contribution is -2.63. The molecular formula is C26H33N7O4. The van der Waals surface area contributed by atoms with Crippen LogP contribution in [0.3, 0.4) is 0 Å². The number of amides is 2. The SMILES string of the molecule is CC(=O)N1CC2(CC(COc3[nH]ncc3Nc3ncc4c(n3)N([C@@H]3CCC[C@@H](O)C3)C(=O)C43CC3)C2)C1. The highest BCUT2D eigenvalue weighted by Gasteiger charge is 2.61. The average molecular weight is 508 g/mol. The van der Waals surface area contributed by atoms with Crippen molar-refractivity contribution in [1.82, 2.24) is 25.1 Å². The van der Waals surface area contributed by atoms with Crippen LogP contribution >= 0.6 is 0 Å². The van der Waals surface area contributed by atoms with Gasteiger partial charge in [0.25, 0.3) is 0 Å². The Morgan fingerprint density at radius 2 is 2.08 bits per heavy atom. The molecule has 1 saturated heterocycles. The molecule has 5 aliphatic rings. The van der Waals surface area contributed by atoms with E-state index in [0.717, 1.165) is 63.6 Å².